The third-order valence-corrected chi connectivity index (χ3v) is 6.11. The number of benzene rings is 1. The van der Waals surface area contributed by atoms with E-state index in [2.05, 4.69) is 40.9 Å². The molecular weight excluding hydrogens is 344 g/mol. The second kappa shape index (κ2) is 7.47. The van der Waals surface area contributed by atoms with E-state index < -0.39 is 0 Å². The molecule has 6 heteroatoms. The van der Waals surface area contributed by atoms with Crippen molar-refractivity contribution < 1.29 is 4.79 Å². The van der Waals surface area contributed by atoms with Gasteiger partial charge in [0.1, 0.15) is 0 Å². The van der Waals surface area contributed by atoms with Crippen LogP contribution >= 0.6 is 34.4 Å². The molecule has 3 rings (SSSR count). The number of thiazole rings is 1. The predicted octanol–water partition coefficient (Wildman–Crippen LogP) is 4.57. The molecule has 3 aromatic rings. The molecule has 3 nitrogen and oxygen atoms in total. The quantitative estimate of drug-likeness (QED) is 0.623. The van der Waals surface area contributed by atoms with Crippen molar-refractivity contribution in [1.82, 2.24) is 4.57 Å². The first-order chi connectivity index (χ1) is 11.2. The molecule has 0 bridgehead atoms. The molecule has 0 aliphatic heterocycles. The van der Waals surface area contributed by atoms with Gasteiger partial charge in [-0.25, -0.2) is 0 Å². The van der Waals surface area contributed by atoms with Crippen LogP contribution in [0.2, 0.25) is 0 Å². The summed E-state index contributed by atoms with van der Waals surface area (Å²) in [5.41, 5.74) is 1.16. The molecule has 1 aromatic carbocycles. The van der Waals surface area contributed by atoms with Crippen molar-refractivity contribution >= 4 is 50.6 Å². The lowest BCUT2D eigenvalue weighted by Gasteiger charge is -2.03. The van der Waals surface area contributed by atoms with Crippen LogP contribution in [0.25, 0.3) is 10.2 Å². The van der Waals surface area contributed by atoms with Crippen LogP contribution in [0.3, 0.4) is 0 Å². The maximum atomic E-state index is 12.3. The summed E-state index contributed by atoms with van der Waals surface area (Å²) >= 11 is 4.93. The average molecular weight is 363 g/mol. The Bertz CT molecular complexity index is 875. The monoisotopic (exact) mass is 362 g/mol. The first-order valence-electron chi connectivity index (χ1n) is 7.48. The van der Waals surface area contributed by atoms with Gasteiger partial charge in [-0.2, -0.15) is 4.99 Å². The normalized spacial score (nSPS) is 12.2. The Hall–Kier alpha value is -1.37. The Morgan fingerprint density at radius 3 is 2.91 bits per heavy atom. The van der Waals surface area contributed by atoms with Crippen molar-refractivity contribution in [3.05, 3.63) is 45.4 Å². The number of aromatic nitrogens is 1. The van der Waals surface area contributed by atoms with Crippen molar-refractivity contribution in [2.24, 2.45) is 4.99 Å². The molecule has 0 radical (unpaired) electrons. The molecule has 0 saturated carbocycles. The van der Waals surface area contributed by atoms with Gasteiger partial charge >= 0.3 is 0 Å². The molecule has 0 aliphatic rings. The molecule has 0 fully saturated rings. The molecule has 0 N–H and O–H groups in total. The van der Waals surface area contributed by atoms with Crippen LogP contribution in [0.1, 0.15) is 18.2 Å². The highest BCUT2D eigenvalue weighted by molar-refractivity contribution is 7.98. The number of thiophene rings is 1. The number of amides is 1. The maximum Gasteiger partial charge on any atom is 0.253 e. The van der Waals surface area contributed by atoms with Crippen molar-refractivity contribution in [3.8, 4) is 0 Å². The second-order valence-corrected chi connectivity index (χ2v) is 8.05. The Morgan fingerprint density at radius 2 is 2.22 bits per heavy atom. The van der Waals surface area contributed by atoms with Crippen LogP contribution in [0.5, 0.6) is 0 Å². The van der Waals surface area contributed by atoms with Gasteiger partial charge < -0.3 is 4.57 Å². The van der Waals surface area contributed by atoms with Gasteiger partial charge in [-0.05, 0) is 42.3 Å². The van der Waals surface area contributed by atoms with Crippen molar-refractivity contribution in [3.63, 3.8) is 0 Å². The van der Waals surface area contributed by atoms with E-state index in [1.54, 1.807) is 34.4 Å². The van der Waals surface area contributed by atoms with E-state index in [0.29, 0.717) is 6.42 Å². The highest BCUT2D eigenvalue weighted by Gasteiger charge is 2.09. The Balaban J connectivity index is 2.02. The summed E-state index contributed by atoms with van der Waals surface area (Å²) in [6, 6.07) is 10.4. The molecule has 120 valence electrons. The van der Waals surface area contributed by atoms with Gasteiger partial charge in [-0.3, -0.25) is 4.79 Å². The largest absolute Gasteiger partial charge is 0.316 e. The maximum absolute atomic E-state index is 12.3. The van der Waals surface area contributed by atoms with E-state index in [4.69, 9.17) is 0 Å². The standard InChI is InChI=1S/C17H18N2OS3/c1-3-8-19-14-7-6-12(21-2)10-15(14)23-17(19)18-16(20)11-13-5-4-9-22-13/h4-7,9-10H,3,8,11H2,1-2H3. The summed E-state index contributed by atoms with van der Waals surface area (Å²) < 4.78 is 3.35. The van der Waals surface area contributed by atoms with E-state index >= 15 is 0 Å². The summed E-state index contributed by atoms with van der Waals surface area (Å²) in [6.45, 7) is 3.02. The third-order valence-electron chi connectivity index (χ3n) is 3.46. The molecule has 2 heterocycles. The first kappa shape index (κ1) is 16.5. The minimum absolute atomic E-state index is 0.0750. The molecule has 1 amide bonds. The fraction of sp³-hybridized carbons (Fsp3) is 0.294. The minimum Gasteiger partial charge on any atom is -0.316 e. The van der Waals surface area contributed by atoms with Gasteiger partial charge in [0.05, 0.1) is 16.6 Å². The van der Waals surface area contributed by atoms with Gasteiger partial charge in [0.25, 0.3) is 5.91 Å². The minimum atomic E-state index is -0.0750. The number of nitrogens with zero attached hydrogens (tertiary/aromatic N) is 2. The van der Waals surface area contributed by atoms with Crippen LogP contribution in [-0.2, 0) is 17.8 Å². The molecule has 0 saturated heterocycles. The lowest BCUT2D eigenvalue weighted by molar-refractivity contribution is -0.117. The van der Waals surface area contributed by atoms with E-state index in [9.17, 15) is 4.79 Å². The van der Waals surface area contributed by atoms with Crippen molar-refractivity contribution in [2.45, 2.75) is 31.2 Å². The molecule has 0 spiro atoms. The van der Waals surface area contributed by atoms with Crippen molar-refractivity contribution in [2.75, 3.05) is 6.26 Å². The molecule has 2 aromatic heterocycles. The highest BCUT2D eigenvalue weighted by Crippen LogP contribution is 2.24. The van der Waals surface area contributed by atoms with Gasteiger partial charge in [-0.1, -0.05) is 24.3 Å². The number of fused-ring (bicyclic) bond motifs is 1. The zero-order valence-electron chi connectivity index (χ0n) is 13.1. The third kappa shape index (κ3) is 3.76. The Morgan fingerprint density at radius 1 is 1.35 bits per heavy atom. The first-order valence-corrected chi connectivity index (χ1v) is 10.4. The van der Waals surface area contributed by atoms with Crippen LogP contribution < -0.4 is 4.80 Å². The zero-order chi connectivity index (χ0) is 16.2. The fourth-order valence-corrected chi connectivity index (χ4v) is 4.74. The number of hydrogen-bond donors (Lipinski definition) is 0. The van der Waals surface area contributed by atoms with Gasteiger partial charge in [0, 0.05) is 16.3 Å². The van der Waals surface area contributed by atoms with E-state index in [-0.39, 0.29) is 5.91 Å². The topological polar surface area (TPSA) is 34.4 Å². The molecular formula is C17H18N2OS3. The van der Waals surface area contributed by atoms with Crippen LogP contribution in [0.4, 0.5) is 0 Å². The number of carbonyl (C=O) groups is 1. The Labute approximate surface area is 147 Å². The van der Waals surface area contributed by atoms with Gasteiger partial charge in [0.2, 0.25) is 0 Å². The SMILES string of the molecule is CCCn1c(=NC(=O)Cc2cccs2)sc2cc(SC)ccc21. The smallest absolute Gasteiger partial charge is 0.253 e. The predicted molar refractivity (Wildman–Crippen MR) is 100 cm³/mol. The number of carbonyl (C=O) groups excluding carboxylic acids is 1. The van der Waals surface area contributed by atoms with E-state index in [1.807, 2.05) is 17.5 Å². The molecule has 0 unspecified atom stereocenters. The average Bonchev–Trinajstić information content (AvgIpc) is 3.15. The summed E-state index contributed by atoms with van der Waals surface area (Å²) in [7, 11) is 0. The van der Waals surface area contributed by atoms with E-state index in [1.165, 1.54) is 9.60 Å². The van der Waals surface area contributed by atoms with Gasteiger partial charge in [0.15, 0.2) is 4.80 Å². The fourth-order valence-electron chi connectivity index (χ4n) is 2.41. The van der Waals surface area contributed by atoms with Crippen LogP contribution in [-0.4, -0.2) is 16.7 Å². The van der Waals surface area contributed by atoms with E-state index in [0.717, 1.165) is 28.2 Å². The summed E-state index contributed by atoms with van der Waals surface area (Å²) in [5.74, 6) is -0.0750. The number of thioether (sulfide) groups is 1. The zero-order valence-corrected chi connectivity index (χ0v) is 15.6. The summed E-state index contributed by atoms with van der Waals surface area (Å²) in [4.78, 5) is 19.8. The number of hydrogen-bond acceptors (Lipinski definition) is 4. The molecule has 23 heavy (non-hydrogen) atoms. The Kier molecular flexibility index (Phi) is 5.35. The lowest BCUT2D eigenvalue weighted by Crippen LogP contribution is -2.17. The lowest BCUT2D eigenvalue weighted by atomic mass is 10.3. The van der Waals surface area contributed by atoms with Gasteiger partial charge in [-0.15, -0.1) is 23.1 Å². The van der Waals surface area contributed by atoms with Crippen molar-refractivity contribution in [1.29, 1.82) is 0 Å². The number of aryl methyl sites for hydroxylation is 1. The summed E-state index contributed by atoms with van der Waals surface area (Å²) in [5, 5.41) is 1.99. The number of rotatable bonds is 5. The summed E-state index contributed by atoms with van der Waals surface area (Å²) in [6.07, 6.45) is 3.47. The second-order valence-electron chi connectivity index (χ2n) is 5.13. The highest BCUT2D eigenvalue weighted by atomic mass is 32.2. The molecule has 0 atom stereocenters. The van der Waals surface area contributed by atoms with Crippen LogP contribution in [0, 0.1) is 0 Å². The molecule has 0 aliphatic carbocycles. The van der Waals surface area contributed by atoms with Crippen LogP contribution in [0.15, 0.2) is 45.6 Å².